The summed E-state index contributed by atoms with van der Waals surface area (Å²) in [5.74, 6) is 2.07. The van der Waals surface area contributed by atoms with Gasteiger partial charge in [-0.25, -0.2) is 0 Å². The van der Waals surface area contributed by atoms with Crippen molar-refractivity contribution >= 4 is 23.2 Å². The third-order valence-corrected chi connectivity index (χ3v) is 3.40. The highest BCUT2D eigenvalue weighted by molar-refractivity contribution is 6.30. The average molecular weight is 282 g/mol. The van der Waals surface area contributed by atoms with Crippen molar-refractivity contribution in [2.75, 3.05) is 11.4 Å². The largest absolute Gasteiger partial charge is 0.353 e. The molecule has 0 aromatic carbocycles. The molecule has 0 spiro atoms. The second-order valence-corrected chi connectivity index (χ2v) is 5.82. The Morgan fingerprint density at radius 1 is 1.32 bits per heavy atom. The Morgan fingerprint density at radius 3 is 2.58 bits per heavy atom. The molecule has 0 atom stereocenters. The second-order valence-electron chi connectivity index (χ2n) is 5.46. The summed E-state index contributed by atoms with van der Waals surface area (Å²) in [6.07, 6.45) is 1.51. The van der Waals surface area contributed by atoms with E-state index < -0.39 is 0 Å². The van der Waals surface area contributed by atoms with Gasteiger partial charge in [0.05, 0.1) is 0 Å². The monoisotopic (exact) mass is 281 g/mol. The lowest BCUT2D eigenvalue weighted by atomic mass is 10.1. The van der Waals surface area contributed by atoms with Crippen LogP contribution >= 0.6 is 11.6 Å². The molecule has 0 saturated carbocycles. The van der Waals surface area contributed by atoms with Crippen LogP contribution in [-0.2, 0) is 0 Å². The van der Waals surface area contributed by atoms with Crippen molar-refractivity contribution in [1.29, 1.82) is 0 Å². The van der Waals surface area contributed by atoms with E-state index in [-0.39, 0.29) is 0 Å². The van der Waals surface area contributed by atoms with Crippen molar-refractivity contribution in [2.24, 2.45) is 5.92 Å². The zero-order valence-electron chi connectivity index (χ0n) is 12.1. The highest BCUT2D eigenvalue weighted by Gasteiger charge is 2.21. The molecule has 2 aromatic heterocycles. The van der Waals surface area contributed by atoms with E-state index in [1.807, 2.05) is 6.92 Å². The number of hydrogen-bond donors (Lipinski definition) is 0. The van der Waals surface area contributed by atoms with Gasteiger partial charge in [0.2, 0.25) is 0 Å². The summed E-state index contributed by atoms with van der Waals surface area (Å²) >= 11 is 6.22. The van der Waals surface area contributed by atoms with Gasteiger partial charge in [0, 0.05) is 18.2 Å². The molecule has 2 aromatic rings. The van der Waals surface area contributed by atoms with E-state index in [1.54, 1.807) is 4.52 Å². The van der Waals surface area contributed by atoms with Crippen LogP contribution in [-0.4, -0.2) is 32.2 Å². The molecule has 6 heteroatoms. The highest BCUT2D eigenvalue weighted by Crippen LogP contribution is 2.27. The van der Waals surface area contributed by atoms with Crippen molar-refractivity contribution in [3.8, 4) is 0 Å². The highest BCUT2D eigenvalue weighted by atomic mass is 35.5. The summed E-state index contributed by atoms with van der Waals surface area (Å²) in [4.78, 5) is 10.7. The topological polar surface area (TPSA) is 46.3 Å². The van der Waals surface area contributed by atoms with Crippen molar-refractivity contribution in [2.45, 2.75) is 40.7 Å². The fourth-order valence-electron chi connectivity index (χ4n) is 2.16. The molecule has 0 unspecified atom stereocenters. The Kier molecular flexibility index (Phi) is 3.94. The first kappa shape index (κ1) is 14.1. The molecule has 2 rings (SSSR count). The summed E-state index contributed by atoms with van der Waals surface area (Å²) in [6, 6.07) is 0.354. The van der Waals surface area contributed by atoms with Gasteiger partial charge in [-0.3, -0.25) is 0 Å². The zero-order chi connectivity index (χ0) is 14.2. The number of nitrogens with zero attached hydrogens (tertiary/aromatic N) is 5. The predicted octanol–water partition coefficient (Wildman–Crippen LogP) is 2.96. The molecule has 0 saturated heterocycles. The van der Waals surface area contributed by atoms with Crippen molar-refractivity contribution in [3.63, 3.8) is 0 Å². The summed E-state index contributed by atoms with van der Waals surface area (Å²) < 4.78 is 1.77. The number of hydrogen-bond acceptors (Lipinski definition) is 4. The van der Waals surface area contributed by atoms with Gasteiger partial charge in [-0.1, -0.05) is 25.4 Å². The standard InChI is InChI=1S/C13H20ClN5/c1-8(2)6-18(9(3)4)12-10(5)11(14)17-13-15-7-16-19(12)13/h7-9H,6H2,1-5H3. The summed E-state index contributed by atoms with van der Waals surface area (Å²) in [7, 11) is 0. The Morgan fingerprint density at radius 2 is 2.00 bits per heavy atom. The average Bonchev–Trinajstić information content (AvgIpc) is 2.75. The molecular weight excluding hydrogens is 262 g/mol. The maximum Gasteiger partial charge on any atom is 0.255 e. The molecule has 0 aliphatic carbocycles. The number of halogens is 1. The fourth-order valence-corrected chi connectivity index (χ4v) is 2.32. The van der Waals surface area contributed by atoms with Gasteiger partial charge in [0.1, 0.15) is 17.3 Å². The minimum Gasteiger partial charge on any atom is -0.353 e. The van der Waals surface area contributed by atoms with Crippen LogP contribution < -0.4 is 4.90 Å². The molecular formula is C13H20ClN5. The van der Waals surface area contributed by atoms with E-state index in [1.165, 1.54) is 6.33 Å². The fraction of sp³-hybridized carbons (Fsp3) is 0.615. The van der Waals surface area contributed by atoms with Crippen LogP contribution in [0.4, 0.5) is 5.82 Å². The van der Waals surface area contributed by atoms with Gasteiger partial charge in [-0.05, 0) is 26.7 Å². The SMILES string of the molecule is Cc1c(Cl)nc2ncnn2c1N(CC(C)C)C(C)C. The van der Waals surface area contributed by atoms with Crippen LogP contribution in [0.25, 0.3) is 5.78 Å². The first-order valence-corrected chi connectivity index (χ1v) is 6.92. The van der Waals surface area contributed by atoms with E-state index in [4.69, 9.17) is 11.6 Å². The molecule has 0 radical (unpaired) electrons. The molecule has 5 nitrogen and oxygen atoms in total. The third kappa shape index (κ3) is 2.66. The maximum atomic E-state index is 6.22. The molecule has 0 bridgehead atoms. The lowest BCUT2D eigenvalue weighted by molar-refractivity contribution is 0.559. The van der Waals surface area contributed by atoms with Gasteiger partial charge in [0.15, 0.2) is 0 Å². The lowest BCUT2D eigenvalue weighted by Gasteiger charge is -2.31. The van der Waals surface area contributed by atoms with E-state index in [2.05, 4.69) is 47.7 Å². The molecule has 0 aliphatic rings. The second kappa shape index (κ2) is 5.33. The summed E-state index contributed by atoms with van der Waals surface area (Å²) in [6.45, 7) is 11.6. The number of anilines is 1. The molecule has 2 heterocycles. The van der Waals surface area contributed by atoms with Crippen LogP contribution in [0, 0.1) is 12.8 Å². The summed E-state index contributed by atoms with van der Waals surface area (Å²) in [5.41, 5.74) is 0.939. The zero-order valence-corrected chi connectivity index (χ0v) is 12.8. The van der Waals surface area contributed by atoms with E-state index >= 15 is 0 Å². The maximum absolute atomic E-state index is 6.22. The van der Waals surface area contributed by atoms with Gasteiger partial charge in [-0.2, -0.15) is 19.6 Å². The minimum absolute atomic E-state index is 0.354. The van der Waals surface area contributed by atoms with Crippen molar-refractivity contribution in [3.05, 3.63) is 17.0 Å². The molecule has 104 valence electrons. The normalized spacial score (nSPS) is 11.8. The molecule has 0 N–H and O–H groups in total. The van der Waals surface area contributed by atoms with Gasteiger partial charge in [-0.15, -0.1) is 0 Å². The number of aromatic nitrogens is 4. The van der Waals surface area contributed by atoms with E-state index in [0.717, 1.165) is 17.9 Å². The van der Waals surface area contributed by atoms with Gasteiger partial charge in [0.25, 0.3) is 5.78 Å². The molecule has 0 fully saturated rings. The first-order chi connectivity index (χ1) is 8.91. The van der Waals surface area contributed by atoms with Crippen LogP contribution in [0.15, 0.2) is 6.33 Å². The van der Waals surface area contributed by atoms with Crippen molar-refractivity contribution in [1.82, 2.24) is 19.6 Å². The van der Waals surface area contributed by atoms with Crippen molar-refractivity contribution < 1.29 is 0 Å². The Balaban J connectivity index is 2.63. The Bertz CT molecular complexity index is 576. The third-order valence-electron chi connectivity index (χ3n) is 3.03. The molecule has 0 aliphatic heterocycles. The quantitative estimate of drug-likeness (QED) is 0.809. The van der Waals surface area contributed by atoms with Crippen LogP contribution in [0.1, 0.15) is 33.3 Å². The summed E-state index contributed by atoms with van der Waals surface area (Å²) in [5, 5.41) is 4.76. The van der Waals surface area contributed by atoms with Crippen LogP contribution in [0.5, 0.6) is 0 Å². The number of fused-ring (bicyclic) bond motifs is 1. The lowest BCUT2D eigenvalue weighted by Crippen LogP contribution is -2.36. The predicted molar refractivity (Wildman–Crippen MR) is 77.8 cm³/mol. The number of rotatable bonds is 4. The Hall–Kier alpha value is -1.36. The molecule has 0 amide bonds. The first-order valence-electron chi connectivity index (χ1n) is 6.54. The van der Waals surface area contributed by atoms with Gasteiger partial charge < -0.3 is 4.90 Å². The van der Waals surface area contributed by atoms with Crippen LogP contribution in [0.3, 0.4) is 0 Å². The minimum atomic E-state index is 0.354. The van der Waals surface area contributed by atoms with E-state index in [9.17, 15) is 0 Å². The van der Waals surface area contributed by atoms with E-state index in [0.29, 0.717) is 22.9 Å². The Labute approximate surface area is 118 Å². The smallest absolute Gasteiger partial charge is 0.255 e. The molecule has 19 heavy (non-hydrogen) atoms. The van der Waals surface area contributed by atoms with Crippen LogP contribution in [0.2, 0.25) is 5.15 Å². The van der Waals surface area contributed by atoms with Gasteiger partial charge >= 0.3 is 0 Å².